The number of guanidine groups is 1. The Morgan fingerprint density at radius 1 is 1.30 bits per heavy atom. The van der Waals surface area contributed by atoms with Crippen molar-refractivity contribution in [2.45, 2.75) is 23.3 Å². The zero-order valence-corrected chi connectivity index (χ0v) is 17.5. The summed E-state index contributed by atoms with van der Waals surface area (Å²) in [5, 5.41) is 5.98. The maximum absolute atomic E-state index is 13.0. The highest BCUT2D eigenvalue weighted by molar-refractivity contribution is 7.91. The van der Waals surface area contributed by atoms with Gasteiger partial charge in [-0.2, -0.15) is 0 Å². The van der Waals surface area contributed by atoms with Gasteiger partial charge >= 0.3 is 0 Å². The third-order valence-corrected chi connectivity index (χ3v) is 5.91. The standard InChI is InChI=1S/C17H21ClN6O5S/c1-10-7-13(19)15(30(27,28)12-4-2-3-11(18)8-12)16(26)24(10)9-14(25)22-5-6-29-23-17(20)21/h2-4,7-8H,5-6,9,19H2,1H3,(H,22,25)(H4,20,21,23). The number of carbonyl (C=O) groups is 1. The van der Waals surface area contributed by atoms with Crippen LogP contribution in [0.1, 0.15) is 5.69 Å². The molecule has 0 saturated carbocycles. The first-order valence-corrected chi connectivity index (χ1v) is 10.4. The SMILES string of the molecule is Cc1cc(N)c(S(=O)(=O)c2cccc(Cl)c2)c(=O)n1CC(=O)NCCON=C(N)N. The molecule has 1 aromatic carbocycles. The van der Waals surface area contributed by atoms with E-state index in [9.17, 15) is 18.0 Å². The molecule has 0 spiro atoms. The number of carbonyl (C=O) groups excluding carboxylic acids is 1. The number of aryl methyl sites for hydroxylation is 1. The molecule has 0 radical (unpaired) electrons. The Morgan fingerprint density at radius 2 is 2.00 bits per heavy atom. The van der Waals surface area contributed by atoms with Gasteiger partial charge in [0.15, 0.2) is 4.90 Å². The molecular weight excluding hydrogens is 436 g/mol. The van der Waals surface area contributed by atoms with Gasteiger partial charge in [-0.05, 0) is 36.3 Å². The molecule has 0 saturated heterocycles. The average molecular weight is 457 g/mol. The van der Waals surface area contributed by atoms with Gasteiger partial charge in [-0.1, -0.05) is 17.7 Å². The summed E-state index contributed by atoms with van der Waals surface area (Å²) in [6, 6.07) is 6.76. The van der Waals surface area contributed by atoms with Gasteiger partial charge in [0.05, 0.1) is 17.1 Å². The second-order valence-electron chi connectivity index (χ2n) is 6.12. The molecule has 0 bridgehead atoms. The molecule has 1 amide bonds. The number of amides is 1. The van der Waals surface area contributed by atoms with Crippen LogP contribution in [0.4, 0.5) is 5.69 Å². The van der Waals surface area contributed by atoms with E-state index in [-0.39, 0.29) is 34.7 Å². The highest BCUT2D eigenvalue weighted by Gasteiger charge is 2.27. The molecule has 7 N–H and O–H groups in total. The number of nitrogens with one attached hydrogen (secondary N) is 1. The highest BCUT2D eigenvalue weighted by atomic mass is 35.5. The van der Waals surface area contributed by atoms with Crippen molar-refractivity contribution in [3.8, 4) is 0 Å². The largest absolute Gasteiger partial charge is 0.397 e. The molecule has 2 aromatic rings. The summed E-state index contributed by atoms with van der Waals surface area (Å²) < 4.78 is 27.0. The molecule has 30 heavy (non-hydrogen) atoms. The maximum Gasteiger partial charge on any atom is 0.272 e. The molecule has 2 rings (SSSR count). The summed E-state index contributed by atoms with van der Waals surface area (Å²) in [7, 11) is -4.26. The normalized spacial score (nSPS) is 11.0. The number of sulfone groups is 1. The van der Waals surface area contributed by atoms with Crippen molar-refractivity contribution < 1.29 is 18.0 Å². The Balaban J connectivity index is 2.30. The van der Waals surface area contributed by atoms with E-state index in [4.69, 9.17) is 33.6 Å². The number of oxime groups is 1. The van der Waals surface area contributed by atoms with Crippen LogP contribution >= 0.6 is 11.6 Å². The Hall–Kier alpha value is -3.25. The maximum atomic E-state index is 13.0. The fraction of sp³-hybridized carbons (Fsp3) is 0.235. The predicted octanol–water partition coefficient (Wildman–Crippen LogP) is -0.454. The highest BCUT2D eigenvalue weighted by Crippen LogP contribution is 2.25. The van der Waals surface area contributed by atoms with Crippen LogP contribution in [0.5, 0.6) is 0 Å². The molecule has 162 valence electrons. The summed E-state index contributed by atoms with van der Waals surface area (Å²) >= 11 is 5.87. The van der Waals surface area contributed by atoms with Crippen LogP contribution in [0.2, 0.25) is 5.02 Å². The van der Waals surface area contributed by atoms with E-state index in [1.165, 1.54) is 37.3 Å². The van der Waals surface area contributed by atoms with E-state index < -0.39 is 32.7 Å². The predicted molar refractivity (Wildman–Crippen MR) is 112 cm³/mol. The topological polar surface area (TPSA) is 185 Å². The van der Waals surface area contributed by atoms with E-state index >= 15 is 0 Å². The molecule has 0 fully saturated rings. The van der Waals surface area contributed by atoms with Crippen molar-refractivity contribution >= 4 is 39.0 Å². The van der Waals surface area contributed by atoms with Crippen LogP contribution in [-0.2, 0) is 26.0 Å². The summed E-state index contributed by atoms with van der Waals surface area (Å²) in [5.41, 5.74) is 15.2. The monoisotopic (exact) mass is 456 g/mol. The summed E-state index contributed by atoms with van der Waals surface area (Å²) in [4.78, 5) is 29.0. The van der Waals surface area contributed by atoms with Crippen molar-refractivity contribution in [3.63, 3.8) is 0 Å². The number of pyridine rings is 1. The summed E-state index contributed by atoms with van der Waals surface area (Å²) in [6.07, 6.45) is 0. The van der Waals surface area contributed by atoms with Gasteiger partial charge in [-0.3, -0.25) is 9.59 Å². The summed E-state index contributed by atoms with van der Waals surface area (Å²) in [6.45, 7) is 1.16. The summed E-state index contributed by atoms with van der Waals surface area (Å²) in [5.74, 6) is -0.816. The number of nitrogens with zero attached hydrogens (tertiary/aromatic N) is 2. The molecule has 11 nitrogen and oxygen atoms in total. The fourth-order valence-corrected chi connectivity index (χ4v) is 4.29. The van der Waals surface area contributed by atoms with E-state index in [0.717, 1.165) is 4.57 Å². The smallest absolute Gasteiger partial charge is 0.272 e. The molecule has 13 heteroatoms. The molecule has 0 atom stereocenters. The van der Waals surface area contributed by atoms with Crippen LogP contribution in [0.15, 0.2) is 50.1 Å². The number of aromatic nitrogens is 1. The van der Waals surface area contributed by atoms with Crippen LogP contribution in [0.25, 0.3) is 0 Å². The van der Waals surface area contributed by atoms with Crippen LogP contribution in [0, 0.1) is 6.92 Å². The Labute approximate surface area is 177 Å². The van der Waals surface area contributed by atoms with Crippen molar-refractivity contribution in [2.24, 2.45) is 16.6 Å². The Morgan fingerprint density at radius 3 is 2.63 bits per heavy atom. The van der Waals surface area contributed by atoms with Crippen molar-refractivity contribution in [1.29, 1.82) is 0 Å². The minimum absolute atomic E-state index is 0.00630. The number of nitrogens with two attached hydrogens (primary N) is 3. The number of nitrogen functional groups attached to an aromatic ring is 1. The third-order valence-electron chi connectivity index (χ3n) is 3.85. The van der Waals surface area contributed by atoms with Crippen molar-refractivity contribution in [1.82, 2.24) is 9.88 Å². The number of rotatable bonds is 8. The number of benzene rings is 1. The zero-order chi connectivity index (χ0) is 22.5. The van der Waals surface area contributed by atoms with E-state index in [0.29, 0.717) is 5.69 Å². The number of hydrogen-bond acceptors (Lipinski definition) is 7. The molecule has 0 aliphatic carbocycles. The molecule has 0 aliphatic rings. The van der Waals surface area contributed by atoms with Crippen LogP contribution < -0.4 is 28.1 Å². The lowest BCUT2D eigenvalue weighted by Gasteiger charge is -2.14. The second-order valence-corrected chi connectivity index (χ2v) is 8.44. The van der Waals surface area contributed by atoms with Crippen LogP contribution in [0.3, 0.4) is 0 Å². The molecule has 1 heterocycles. The number of anilines is 1. The second kappa shape index (κ2) is 9.50. The van der Waals surface area contributed by atoms with Gasteiger partial charge < -0.3 is 31.9 Å². The van der Waals surface area contributed by atoms with E-state index in [1.807, 2.05) is 0 Å². The number of halogens is 1. The van der Waals surface area contributed by atoms with Gasteiger partial charge in [0.1, 0.15) is 13.2 Å². The minimum atomic E-state index is -4.26. The minimum Gasteiger partial charge on any atom is -0.397 e. The zero-order valence-electron chi connectivity index (χ0n) is 16.0. The van der Waals surface area contributed by atoms with Gasteiger partial charge in [0, 0.05) is 10.7 Å². The van der Waals surface area contributed by atoms with Gasteiger partial charge in [0.2, 0.25) is 21.7 Å². The van der Waals surface area contributed by atoms with Crippen molar-refractivity contribution in [3.05, 3.63) is 51.4 Å². The molecule has 0 aliphatic heterocycles. The lowest BCUT2D eigenvalue weighted by Crippen LogP contribution is -2.37. The van der Waals surface area contributed by atoms with Crippen molar-refractivity contribution in [2.75, 3.05) is 18.9 Å². The Bertz CT molecular complexity index is 1140. The van der Waals surface area contributed by atoms with Gasteiger partial charge in [-0.15, -0.1) is 0 Å². The molecular formula is C17H21ClN6O5S. The first-order valence-electron chi connectivity index (χ1n) is 8.52. The van der Waals surface area contributed by atoms with E-state index in [2.05, 4.69) is 10.5 Å². The fourth-order valence-electron chi connectivity index (χ4n) is 2.55. The van der Waals surface area contributed by atoms with Gasteiger partial charge in [-0.25, -0.2) is 8.42 Å². The Kier molecular flexibility index (Phi) is 7.29. The third kappa shape index (κ3) is 5.42. The number of hydrogen-bond donors (Lipinski definition) is 4. The van der Waals surface area contributed by atoms with Crippen LogP contribution in [-0.4, -0.2) is 38.0 Å². The van der Waals surface area contributed by atoms with E-state index in [1.54, 1.807) is 0 Å². The average Bonchev–Trinajstić information content (AvgIpc) is 2.64. The first kappa shape index (κ1) is 23.0. The quantitative estimate of drug-likeness (QED) is 0.178. The first-order chi connectivity index (χ1) is 14.0. The van der Waals surface area contributed by atoms with Gasteiger partial charge in [0.25, 0.3) is 5.56 Å². The lowest BCUT2D eigenvalue weighted by atomic mass is 10.3. The molecule has 0 unspecified atom stereocenters. The lowest BCUT2D eigenvalue weighted by molar-refractivity contribution is -0.122. The molecule has 1 aromatic heterocycles.